The summed E-state index contributed by atoms with van der Waals surface area (Å²) in [6.45, 7) is 0. The molecule has 0 fully saturated rings. The Kier molecular flexibility index (Phi) is 7.27. The summed E-state index contributed by atoms with van der Waals surface area (Å²) in [5.41, 5.74) is 8.26. The molecule has 0 saturated carbocycles. The minimum atomic E-state index is -0.588. The maximum absolute atomic E-state index is 13.7. The van der Waals surface area contributed by atoms with Gasteiger partial charge < -0.3 is 0 Å². The van der Waals surface area contributed by atoms with E-state index < -0.39 is 11.6 Å². The monoisotopic (exact) mass is 573 g/mol. The Hall–Kier alpha value is -5.81. The summed E-state index contributed by atoms with van der Waals surface area (Å²) in [4.78, 5) is 14.4. The third-order valence-electron chi connectivity index (χ3n) is 7.47. The maximum atomic E-state index is 13.7. The Labute approximate surface area is 254 Å². The quantitative estimate of drug-likeness (QED) is 0.199. The maximum Gasteiger partial charge on any atom is 0.164 e. The lowest BCUT2D eigenvalue weighted by Crippen LogP contribution is -2.00. The SMILES string of the molecule is Fc1cc(F)cc(-c2ccc(-c3ccc(-c4ccc(-c5nc(-c6ccccc6)nc(-c6ccccc6)n5)cc4)cc3)cc2)c1. The third-order valence-corrected chi connectivity index (χ3v) is 7.47. The Morgan fingerprint density at radius 1 is 0.273 bits per heavy atom. The van der Waals surface area contributed by atoms with Crippen LogP contribution in [0.3, 0.4) is 0 Å². The average Bonchev–Trinajstić information content (AvgIpc) is 3.09. The van der Waals surface area contributed by atoms with Crippen molar-refractivity contribution in [3.8, 4) is 67.5 Å². The normalized spacial score (nSPS) is 11.0. The molecular formula is C39H25F2N3. The molecule has 0 atom stereocenters. The van der Waals surface area contributed by atoms with Crippen LogP contribution in [0, 0.1) is 11.6 Å². The van der Waals surface area contributed by atoms with Gasteiger partial charge in [-0.25, -0.2) is 23.7 Å². The molecule has 7 aromatic rings. The standard InChI is InChI=1S/C39H25F2N3/c40-35-23-34(24-36(41)25-35)30-17-15-28(16-18-30)26-11-13-27(14-12-26)29-19-21-33(22-20-29)39-43-37(31-7-3-1-4-8-31)42-38(44-39)32-9-5-2-6-10-32/h1-25H. The lowest BCUT2D eigenvalue weighted by molar-refractivity contribution is 0.584. The van der Waals surface area contributed by atoms with E-state index in [-0.39, 0.29) is 0 Å². The van der Waals surface area contributed by atoms with Gasteiger partial charge in [0.25, 0.3) is 0 Å². The number of rotatable bonds is 6. The van der Waals surface area contributed by atoms with E-state index in [0.29, 0.717) is 23.0 Å². The largest absolute Gasteiger partial charge is 0.208 e. The Morgan fingerprint density at radius 2 is 0.545 bits per heavy atom. The van der Waals surface area contributed by atoms with Crippen LogP contribution in [-0.2, 0) is 0 Å². The van der Waals surface area contributed by atoms with Crippen molar-refractivity contribution in [2.45, 2.75) is 0 Å². The molecule has 44 heavy (non-hydrogen) atoms. The van der Waals surface area contributed by atoms with Crippen LogP contribution in [0.5, 0.6) is 0 Å². The first kappa shape index (κ1) is 27.0. The molecule has 0 spiro atoms. The Morgan fingerprint density at radius 3 is 0.886 bits per heavy atom. The number of nitrogens with zero attached hydrogens (tertiary/aromatic N) is 3. The second kappa shape index (κ2) is 11.8. The van der Waals surface area contributed by atoms with Gasteiger partial charge in [-0.2, -0.15) is 0 Å². The summed E-state index contributed by atoms with van der Waals surface area (Å²) in [6, 6.07) is 47.6. The molecule has 0 aliphatic rings. The van der Waals surface area contributed by atoms with Crippen molar-refractivity contribution in [2.75, 3.05) is 0 Å². The topological polar surface area (TPSA) is 38.7 Å². The second-order valence-electron chi connectivity index (χ2n) is 10.4. The molecule has 0 amide bonds. The van der Waals surface area contributed by atoms with Crippen molar-refractivity contribution in [1.29, 1.82) is 0 Å². The van der Waals surface area contributed by atoms with Gasteiger partial charge >= 0.3 is 0 Å². The van der Waals surface area contributed by atoms with Crippen LogP contribution >= 0.6 is 0 Å². The summed E-state index contributed by atoms with van der Waals surface area (Å²) < 4.78 is 27.3. The molecule has 0 bridgehead atoms. The first-order chi connectivity index (χ1) is 21.6. The Bertz CT molecular complexity index is 1960. The van der Waals surface area contributed by atoms with Crippen molar-refractivity contribution >= 4 is 0 Å². The highest BCUT2D eigenvalue weighted by Gasteiger charge is 2.12. The van der Waals surface area contributed by atoms with Gasteiger partial charge in [0, 0.05) is 22.8 Å². The van der Waals surface area contributed by atoms with Crippen LogP contribution in [0.4, 0.5) is 8.78 Å². The van der Waals surface area contributed by atoms with Crippen LogP contribution < -0.4 is 0 Å². The van der Waals surface area contributed by atoms with Crippen LogP contribution in [0.15, 0.2) is 152 Å². The summed E-state index contributed by atoms with van der Waals surface area (Å²) in [7, 11) is 0. The van der Waals surface area contributed by atoms with Crippen LogP contribution in [-0.4, -0.2) is 15.0 Å². The Balaban J connectivity index is 1.14. The van der Waals surface area contributed by atoms with Crippen molar-refractivity contribution in [2.24, 2.45) is 0 Å². The van der Waals surface area contributed by atoms with E-state index in [9.17, 15) is 8.78 Å². The van der Waals surface area contributed by atoms with Crippen molar-refractivity contribution in [3.63, 3.8) is 0 Å². The summed E-state index contributed by atoms with van der Waals surface area (Å²) in [5, 5.41) is 0. The smallest absolute Gasteiger partial charge is 0.164 e. The summed E-state index contributed by atoms with van der Waals surface area (Å²) in [5.74, 6) is 0.698. The summed E-state index contributed by atoms with van der Waals surface area (Å²) in [6.07, 6.45) is 0. The molecule has 6 aromatic carbocycles. The highest BCUT2D eigenvalue weighted by molar-refractivity contribution is 5.75. The van der Waals surface area contributed by atoms with Gasteiger partial charge in [-0.15, -0.1) is 0 Å². The van der Waals surface area contributed by atoms with E-state index in [2.05, 4.69) is 36.4 Å². The van der Waals surface area contributed by atoms with Gasteiger partial charge in [-0.1, -0.05) is 133 Å². The number of hydrogen-bond acceptors (Lipinski definition) is 3. The average molecular weight is 574 g/mol. The number of benzene rings is 6. The third kappa shape index (κ3) is 5.76. The zero-order chi connectivity index (χ0) is 29.9. The fraction of sp³-hybridized carbons (Fsp3) is 0. The second-order valence-corrected chi connectivity index (χ2v) is 10.4. The van der Waals surface area contributed by atoms with Gasteiger partial charge in [-0.3, -0.25) is 0 Å². The molecule has 0 N–H and O–H groups in total. The lowest BCUT2D eigenvalue weighted by Gasteiger charge is -2.09. The van der Waals surface area contributed by atoms with Gasteiger partial charge in [0.2, 0.25) is 0 Å². The first-order valence-corrected chi connectivity index (χ1v) is 14.2. The highest BCUT2D eigenvalue weighted by Crippen LogP contribution is 2.30. The van der Waals surface area contributed by atoms with Gasteiger partial charge in [0.05, 0.1) is 0 Å². The molecule has 0 aliphatic carbocycles. The minimum Gasteiger partial charge on any atom is -0.208 e. The molecule has 1 aromatic heterocycles. The van der Waals surface area contributed by atoms with Gasteiger partial charge in [0.1, 0.15) is 11.6 Å². The van der Waals surface area contributed by atoms with Crippen molar-refractivity contribution < 1.29 is 8.78 Å². The van der Waals surface area contributed by atoms with E-state index in [0.717, 1.165) is 50.6 Å². The summed E-state index contributed by atoms with van der Waals surface area (Å²) >= 11 is 0. The zero-order valence-electron chi connectivity index (χ0n) is 23.5. The van der Waals surface area contributed by atoms with Crippen LogP contribution in [0.1, 0.15) is 0 Å². The first-order valence-electron chi connectivity index (χ1n) is 14.2. The molecule has 0 unspecified atom stereocenters. The fourth-order valence-electron chi connectivity index (χ4n) is 5.18. The molecule has 0 saturated heterocycles. The van der Waals surface area contributed by atoms with Crippen LogP contribution in [0.25, 0.3) is 67.5 Å². The van der Waals surface area contributed by atoms with Gasteiger partial charge in [0.15, 0.2) is 17.5 Å². The van der Waals surface area contributed by atoms with E-state index >= 15 is 0 Å². The number of halogens is 2. The zero-order valence-corrected chi connectivity index (χ0v) is 23.5. The molecular weight excluding hydrogens is 548 g/mol. The lowest BCUT2D eigenvalue weighted by atomic mass is 9.97. The predicted molar refractivity (Wildman–Crippen MR) is 172 cm³/mol. The molecule has 1 heterocycles. The van der Waals surface area contributed by atoms with Gasteiger partial charge in [-0.05, 0) is 45.5 Å². The molecule has 210 valence electrons. The van der Waals surface area contributed by atoms with Crippen molar-refractivity contribution in [1.82, 2.24) is 15.0 Å². The number of aromatic nitrogens is 3. The number of hydrogen-bond donors (Lipinski definition) is 0. The van der Waals surface area contributed by atoms with E-state index in [1.807, 2.05) is 97.1 Å². The molecule has 5 heteroatoms. The molecule has 0 radical (unpaired) electrons. The van der Waals surface area contributed by atoms with Crippen molar-refractivity contribution in [3.05, 3.63) is 163 Å². The molecule has 7 rings (SSSR count). The highest BCUT2D eigenvalue weighted by atomic mass is 19.1. The van der Waals surface area contributed by atoms with E-state index in [4.69, 9.17) is 15.0 Å². The minimum absolute atomic E-state index is 0.512. The van der Waals surface area contributed by atoms with Crippen LogP contribution in [0.2, 0.25) is 0 Å². The molecule has 0 aliphatic heterocycles. The van der Waals surface area contributed by atoms with E-state index in [1.165, 1.54) is 12.1 Å². The predicted octanol–water partition coefficient (Wildman–Crippen LogP) is 10.2. The molecule has 3 nitrogen and oxygen atoms in total. The van der Waals surface area contributed by atoms with E-state index in [1.54, 1.807) is 0 Å². The fourth-order valence-corrected chi connectivity index (χ4v) is 5.18.